The lowest BCUT2D eigenvalue weighted by Gasteiger charge is -2.31. The van der Waals surface area contributed by atoms with Gasteiger partial charge in [-0.1, -0.05) is 35.7 Å². The standard InChI is InChI=1S/C15H21BrN2O2/c1-2-13-6-4-3-5-9-17(13)14-7-8-15(18(19)20)12(10-14)11-16/h7-8,10,13H,2-6,9,11H2,1H3. The van der Waals surface area contributed by atoms with Crippen LogP contribution in [-0.4, -0.2) is 17.5 Å². The van der Waals surface area contributed by atoms with Gasteiger partial charge in [0.15, 0.2) is 0 Å². The van der Waals surface area contributed by atoms with Crippen LogP contribution >= 0.6 is 15.9 Å². The Hall–Kier alpha value is -1.10. The van der Waals surface area contributed by atoms with E-state index in [1.54, 1.807) is 6.07 Å². The molecule has 5 heteroatoms. The maximum Gasteiger partial charge on any atom is 0.273 e. The molecule has 0 radical (unpaired) electrons. The molecule has 1 aromatic rings. The van der Waals surface area contributed by atoms with Crippen molar-refractivity contribution in [3.63, 3.8) is 0 Å². The largest absolute Gasteiger partial charge is 0.369 e. The number of nitro benzene ring substituents is 1. The van der Waals surface area contributed by atoms with Crippen molar-refractivity contribution < 1.29 is 4.92 Å². The Morgan fingerprint density at radius 1 is 1.40 bits per heavy atom. The van der Waals surface area contributed by atoms with Crippen LogP contribution in [0.1, 0.15) is 44.6 Å². The summed E-state index contributed by atoms with van der Waals surface area (Å²) in [6, 6.07) is 6.07. The third kappa shape index (κ3) is 3.32. The number of nitrogens with zero attached hydrogens (tertiary/aromatic N) is 2. The molecule has 1 saturated heterocycles. The van der Waals surface area contributed by atoms with Gasteiger partial charge in [0, 0.05) is 35.2 Å². The molecule has 1 fully saturated rings. The molecule has 2 rings (SSSR count). The molecule has 4 nitrogen and oxygen atoms in total. The van der Waals surface area contributed by atoms with E-state index in [-0.39, 0.29) is 10.6 Å². The van der Waals surface area contributed by atoms with E-state index >= 15 is 0 Å². The van der Waals surface area contributed by atoms with Crippen LogP contribution in [0.5, 0.6) is 0 Å². The molecule has 0 aliphatic carbocycles. The van der Waals surface area contributed by atoms with Gasteiger partial charge in [0.1, 0.15) is 0 Å². The highest BCUT2D eigenvalue weighted by Crippen LogP contribution is 2.31. The van der Waals surface area contributed by atoms with Crippen LogP contribution in [-0.2, 0) is 5.33 Å². The third-order valence-corrected chi connectivity index (χ3v) is 4.69. The average molecular weight is 341 g/mol. The second-order valence-corrected chi connectivity index (χ2v) is 5.87. The third-order valence-electron chi connectivity index (χ3n) is 4.08. The highest BCUT2D eigenvalue weighted by molar-refractivity contribution is 9.08. The number of anilines is 1. The summed E-state index contributed by atoms with van der Waals surface area (Å²) in [6.45, 7) is 3.28. The Kier molecular flexibility index (Phi) is 5.40. The van der Waals surface area contributed by atoms with Gasteiger partial charge in [-0.2, -0.15) is 0 Å². The second-order valence-electron chi connectivity index (χ2n) is 5.31. The summed E-state index contributed by atoms with van der Waals surface area (Å²) < 4.78 is 0. The lowest BCUT2D eigenvalue weighted by atomic mass is 10.1. The van der Waals surface area contributed by atoms with E-state index in [9.17, 15) is 10.1 Å². The molecule has 1 aromatic carbocycles. The predicted octanol–water partition coefficient (Wildman–Crippen LogP) is 4.65. The highest BCUT2D eigenvalue weighted by Gasteiger charge is 2.22. The molecule has 1 unspecified atom stereocenters. The van der Waals surface area contributed by atoms with Gasteiger partial charge >= 0.3 is 0 Å². The van der Waals surface area contributed by atoms with E-state index in [0.29, 0.717) is 11.4 Å². The smallest absolute Gasteiger partial charge is 0.273 e. The summed E-state index contributed by atoms with van der Waals surface area (Å²) in [5.41, 5.74) is 2.08. The van der Waals surface area contributed by atoms with Crippen molar-refractivity contribution >= 4 is 27.3 Å². The number of halogens is 1. The zero-order chi connectivity index (χ0) is 14.5. The van der Waals surface area contributed by atoms with Gasteiger partial charge in [-0.05, 0) is 31.4 Å². The Morgan fingerprint density at radius 2 is 2.20 bits per heavy atom. The summed E-state index contributed by atoms with van der Waals surface area (Å²) in [6.07, 6.45) is 6.12. The van der Waals surface area contributed by atoms with Crippen molar-refractivity contribution in [2.45, 2.75) is 50.4 Å². The van der Waals surface area contributed by atoms with Crippen molar-refractivity contribution in [1.29, 1.82) is 0 Å². The first-order chi connectivity index (χ1) is 9.67. The fourth-order valence-electron chi connectivity index (χ4n) is 2.98. The second kappa shape index (κ2) is 7.07. The first kappa shape index (κ1) is 15.3. The molecule has 0 spiro atoms. The number of rotatable bonds is 4. The fourth-order valence-corrected chi connectivity index (χ4v) is 3.43. The zero-order valence-electron chi connectivity index (χ0n) is 11.8. The number of hydrogen-bond acceptors (Lipinski definition) is 3. The van der Waals surface area contributed by atoms with E-state index in [1.807, 2.05) is 12.1 Å². The predicted molar refractivity (Wildman–Crippen MR) is 85.6 cm³/mol. The summed E-state index contributed by atoms with van der Waals surface area (Å²) in [5.74, 6) is 0. The van der Waals surface area contributed by atoms with Crippen LogP contribution in [0, 0.1) is 10.1 Å². The van der Waals surface area contributed by atoms with Gasteiger partial charge in [0.2, 0.25) is 0 Å². The normalized spacial score (nSPS) is 19.7. The van der Waals surface area contributed by atoms with E-state index in [0.717, 1.165) is 24.2 Å². The van der Waals surface area contributed by atoms with Crippen molar-refractivity contribution in [1.82, 2.24) is 0 Å². The molecule has 110 valence electrons. The van der Waals surface area contributed by atoms with E-state index < -0.39 is 0 Å². The van der Waals surface area contributed by atoms with Gasteiger partial charge < -0.3 is 4.90 Å². The van der Waals surface area contributed by atoms with Gasteiger partial charge in [0.25, 0.3) is 5.69 Å². The van der Waals surface area contributed by atoms with Gasteiger partial charge in [-0.25, -0.2) is 0 Å². The molecule has 0 saturated carbocycles. The number of nitro groups is 1. The maximum atomic E-state index is 11.0. The number of benzene rings is 1. The molecule has 1 atom stereocenters. The Labute approximate surface area is 128 Å². The molecular weight excluding hydrogens is 320 g/mol. The van der Waals surface area contributed by atoms with Gasteiger partial charge in [-0.15, -0.1) is 0 Å². The fraction of sp³-hybridized carbons (Fsp3) is 0.600. The molecular formula is C15H21BrN2O2. The van der Waals surface area contributed by atoms with Gasteiger partial charge in [0.05, 0.1) is 4.92 Å². The van der Waals surface area contributed by atoms with E-state index in [4.69, 9.17) is 0 Å². The topological polar surface area (TPSA) is 46.4 Å². The molecule has 1 aliphatic heterocycles. The van der Waals surface area contributed by atoms with Crippen LogP contribution in [0.25, 0.3) is 0 Å². The minimum atomic E-state index is -0.305. The van der Waals surface area contributed by atoms with Crippen LogP contribution in [0.4, 0.5) is 11.4 Å². The van der Waals surface area contributed by atoms with Crippen LogP contribution in [0.15, 0.2) is 18.2 Å². The monoisotopic (exact) mass is 340 g/mol. The maximum absolute atomic E-state index is 11.0. The molecule has 1 aliphatic rings. The molecule has 0 amide bonds. The Bertz CT molecular complexity index is 479. The van der Waals surface area contributed by atoms with Crippen LogP contribution in [0.3, 0.4) is 0 Å². The van der Waals surface area contributed by atoms with Crippen LogP contribution < -0.4 is 4.90 Å². The van der Waals surface area contributed by atoms with E-state index in [1.165, 1.54) is 25.7 Å². The molecule has 1 heterocycles. The number of alkyl halides is 1. The van der Waals surface area contributed by atoms with Crippen molar-refractivity contribution in [3.8, 4) is 0 Å². The molecule has 0 aromatic heterocycles. The molecule has 0 bridgehead atoms. The summed E-state index contributed by atoms with van der Waals surface area (Å²) in [4.78, 5) is 13.1. The molecule has 0 N–H and O–H groups in total. The number of hydrogen-bond donors (Lipinski definition) is 0. The first-order valence-corrected chi connectivity index (χ1v) is 8.39. The minimum absolute atomic E-state index is 0.202. The quantitative estimate of drug-likeness (QED) is 0.455. The van der Waals surface area contributed by atoms with Crippen molar-refractivity contribution in [2.24, 2.45) is 0 Å². The van der Waals surface area contributed by atoms with E-state index in [2.05, 4.69) is 27.8 Å². The summed E-state index contributed by atoms with van der Waals surface area (Å²) in [7, 11) is 0. The van der Waals surface area contributed by atoms with Crippen molar-refractivity contribution in [2.75, 3.05) is 11.4 Å². The van der Waals surface area contributed by atoms with Crippen LogP contribution in [0.2, 0.25) is 0 Å². The average Bonchev–Trinajstić information content (AvgIpc) is 2.71. The first-order valence-electron chi connectivity index (χ1n) is 7.27. The Balaban J connectivity index is 2.32. The van der Waals surface area contributed by atoms with Gasteiger partial charge in [-0.3, -0.25) is 10.1 Å². The summed E-state index contributed by atoms with van der Waals surface area (Å²) >= 11 is 3.36. The minimum Gasteiger partial charge on any atom is -0.369 e. The Morgan fingerprint density at radius 3 is 2.85 bits per heavy atom. The summed E-state index contributed by atoms with van der Waals surface area (Å²) in [5, 5.41) is 11.5. The lowest BCUT2D eigenvalue weighted by molar-refractivity contribution is -0.385. The SMILES string of the molecule is CCC1CCCCCN1c1ccc([N+](=O)[O-])c(CBr)c1. The highest BCUT2D eigenvalue weighted by atomic mass is 79.9. The molecule has 20 heavy (non-hydrogen) atoms. The van der Waals surface area contributed by atoms with Crippen molar-refractivity contribution in [3.05, 3.63) is 33.9 Å². The lowest BCUT2D eigenvalue weighted by Crippen LogP contribution is -2.34. The zero-order valence-corrected chi connectivity index (χ0v) is 13.4.